The van der Waals surface area contributed by atoms with E-state index in [-0.39, 0.29) is 24.8 Å². The zero-order valence-corrected chi connectivity index (χ0v) is 22.9. The molecule has 0 bridgehead atoms. The van der Waals surface area contributed by atoms with Gasteiger partial charge in [-0.1, -0.05) is 60.7 Å². The van der Waals surface area contributed by atoms with Gasteiger partial charge in [0.15, 0.2) is 0 Å². The third kappa shape index (κ3) is 6.98. The Hall–Kier alpha value is -3.92. The van der Waals surface area contributed by atoms with E-state index in [9.17, 15) is 24.3 Å². The van der Waals surface area contributed by atoms with E-state index in [1.165, 1.54) is 10.5 Å². The Morgan fingerprint density at radius 2 is 1.75 bits per heavy atom. The molecule has 0 radical (unpaired) electrons. The van der Waals surface area contributed by atoms with Gasteiger partial charge in [0, 0.05) is 39.1 Å². The number of piperidine rings is 1. The van der Waals surface area contributed by atoms with Crippen molar-refractivity contribution in [3.8, 4) is 0 Å². The molecule has 0 saturated carbocycles. The van der Waals surface area contributed by atoms with Crippen LogP contribution >= 0.6 is 0 Å². The smallest absolute Gasteiger partial charge is 0.407 e. The molecule has 4 rings (SSSR count). The molecule has 10 heteroatoms. The fraction of sp³-hybridized carbons (Fsp3) is 0.467. The number of hydrogen-bond acceptors (Lipinski definition) is 6. The van der Waals surface area contributed by atoms with E-state index >= 15 is 0 Å². The van der Waals surface area contributed by atoms with E-state index in [1.54, 1.807) is 7.05 Å². The van der Waals surface area contributed by atoms with Gasteiger partial charge < -0.3 is 30.3 Å². The van der Waals surface area contributed by atoms with E-state index < -0.39 is 29.6 Å². The summed E-state index contributed by atoms with van der Waals surface area (Å²) in [6.45, 7) is 2.22. The predicted molar refractivity (Wildman–Crippen MR) is 148 cm³/mol. The van der Waals surface area contributed by atoms with Crippen LogP contribution in [0.1, 0.15) is 36.8 Å². The maximum atomic E-state index is 13.6. The monoisotopic (exact) mass is 550 g/mol. The molecule has 2 aliphatic heterocycles. The van der Waals surface area contributed by atoms with Crippen LogP contribution in [0.15, 0.2) is 60.7 Å². The number of carbonyl (C=O) groups is 4. The summed E-state index contributed by atoms with van der Waals surface area (Å²) in [5.41, 5.74) is 0.879. The first-order valence-electron chi connectivity index (χ1n) is 13.8. The maximum absolute atomic E-state index is 13.6. The minimum Gasteiger partial charge on any atom is -0.481 e. The number of rotatable bonds is 11. The summed E-state index contributed by atoms with van der Waals surface area (Å²) < 4.78 is 5.20. The highest BCUT2D eigenvalue weighted by Crippen LogP contribution is 2.38. The standard InChI is InChI=1S/C30H38N4O6/c1-33-27(37)25(13-8-16-31-29(39)40-21-23-11-6-3-7-12-23)32-28(38)30(33)15-18-34(20-24(30)19-26(35)36)17-14-22-9-4-2-5-10-22/h2-7,9-12,24-25H,8,13-21H2,1H3,(H,31,39)(H,32,38)(H,35,36)/t24?,25-,30?/m0/s1. The van der Waals surface area contributed by atoms with Gasteiger partial charge >= 0.3 is 12.1 Å². The first kappa shape index (κ1) is 29.1. The fourth-order valence-corrected chi connectivity index (χ4v) is 5.80. The van der Waals surface area contributed by atoms with E-state index in [0.717, 1.165) is 18.5 Å². The summed E-state index contributed by atoms with van der Waals surface area (Å²) in [5.74, 6) is -2.07. The van der Waals surface area contributed by atoms with Crippen LogP contribution in [0.5, 0.6) is 0 Å². The van der Waals surface area contributed by atoms with Gasteiger partial charge in [-0.2, -0.15) is 0 Å². The normalized spacial score (nSPS) is 23.1. The summed E-state index contributed by atoms with van der Waals surface area (Å²) >= 11 is 0. The minimum absolute atomic E-state index is 0.165. The molecule has 3 N–H and O–H groups in total. The highest BCUT2D eigenvalue weighted by molar-refractivity contribution is 6.00. The van der Waals surface area contributed by atoms with Crippen molar-refractivity contribution >= 4 is 23.9 Å². The van der Waals surface area contributed by atoms with Gasteiger partial charge in [0.2, 0.25) is 11.8 Å². The second-order valence-corrected chi connectivity index (χ2v) is 10.6. The van der Waals surface area contributed by atoms with Crippen molar-refractivity contribution in [2.75, 3.05) is 33.2 Å². The number of benzene rings is 2. The molecular weight excluding hydrogens is 512 g/mol. The molecule has 40 heavy (non-hydrogen) atoms. The molecular formula is C30H38N4O6. The quantitative estimate of drug-likeness (QED) is 0.367. The van der Waals surface area contributed by atoms with Crippen LogP contribution < -0.4 is 10.6 Å². The molecule has 2 aromatic carbocycles. The molecule has 2 saturated heterocycles. The maximum Gasteiger partial charge on any atom is 0.407 e. The number of ether oxygens (including phenoxy) is 1. The fourth-order valence-electron chi connectivity index (χ4n) is 5.80. The Kier molecular flexibility index (Phi) is 9.76. The van der Waals surface area contributed by atoms with Crippen molar-refractivity contribution in [2.24, 2.45) is 5.92 Å². The van der Waals surface area contributed by atoms with Gasteiger partial charge in [0.05, 0.1) is 6.42 Å². The minimum atomic E-state index is -1.20. The van der Waals surface area contributed by atoms with Gasteiger partial charge in [-0.25, -0.2) is 4.79 Å². The van der Waals surface area contributed by atoms with Crippen LogP contribution in [0.4, 0.5) is 4.79 Å². The molecule has 2 aliphatic rings. The Labute approximate surface area is 234 Å². The Morgan fingerprint density at radius 3 is 2.42 bits per heavy atom. The number of piperazine rings is 1. The second-order valence-electron chi connectivity index (χ2n) is 10.6. The lowest BCUT2D eigenvalue weighted by molar-refractivity contribution is -0.166. The number of carboxylic acid groups (broad SMARTS) is 1. The molecule has 0 aliphatic carbocycles. The van der Waals surface area contributed by atoms with Crippen molar-refractivity contribution in [2.45, 2.75) is 50.3 Å². The highest BCUT2D eigenvalue weighted by atomic mass is 16.5. The first-order chi connectivity index (χ1) is 19.3. The van der Waals surface area contributed by atoms with E-state index in [0.29, 0.717) is 38.9 Å². The van der Waals surface area contributed by atoms with E-state index in [1.807, 2.05) is 48.5 Å². The number of carboxylic acids is 1. The number of hydrogen-bond donors (Lipinski definition) is 3. The van der Waals surface area contributed by atoms with Gasteiger partial charge in [-0.05, 0) is 36.8 Å². The molecule has 0 aromatic heterocycles. The largest absolute Gasteiger partial charge is 0.481 e. The van der Waals surface area contributed by atoms with Crippen molar-refractivity contribution in [3.05, 3.63) is 71.8 Å². The summed E-state index contributed by atoms with van der Waals surface area (Å²) in [6.07, 6.45) is 1.25. The van der Waals surface area contributed by atoms with Crippen LogP contribution in [-0.2, 0) is 32.1 Å². The number of aliphatic carboxylic acids is 1. The number of nitrogens with zero attached hydrogens (tertiary/aromatic N) is 2. The van der Waals surface area contributed by atoms with Gasteiger partial charge in [-0.3, -0.25) is 14.4 Å². The lowest BCUT2D eigenvalue weighted by Crippen LogP contribution is -2.75. The van der Waals surface area contributed by atoms with Crippen LogP contribution in [-0.4, -0.2) is 83.6 Å². The van der Waals surface area contributed by atoms with Crippen LogP contribution in [0, 0.1) is 5.92 Å². The lowest BCUT2D eigenvalue weighted by Gasteiger charge is -2.54. The highest BCUT2D eigenvalue weighted by Gasteiger charge is 2.57. The van der Waals surface area contributed by atoms with Crippen LogP contribution in [0.3, 0.4) is 0 Å². The van der Waals surface area contributed by atoms with Crippen LogP contribution in [0.25, 0.3) is 0 Å². The Morgan fingerprint density at radius 1 is 1.07 bits per heavy atom. The molecule has 2 aromatic rings. The van der Waals surface area contributed by atoms with Crippen molar-refractivity contribution < 1.29 is 29.0 Å². The molecule has 2 fully saturated rings. The average Bonchev–Trinajstić information content (AvgIpc) is 2.96. The lowest BCUT2D eigenvalue weighted by atomic mass is 9.72. The number of nitrogens with one attached hydrogen (secondary N) is 2. The molecule has 2 unspecified atom stereocenters. The molecule has 3 amide bonds. The first-order valence-corrected chi connectivity index (χ1v) is 13.8. The molecule has 10 nitrogen and oxygen atoms in total. The molecule has 1 spiro atoms. The van der Waals surface area contributed by atoms with Gasteiger partial charge in [0.25, 0.3) is 0 Å². The molecule has 214 valence electrons. The van der Waals surface area contributed by atoms with Crippen molar-refractivity contribution in [3.63, 3.8) is 0 Å². The third-order valence-electron chi connectivity index (χ3n) is 8.02. The second kappa shape index (κ2) is 13.4. The third-order valence-corrected chi connectivity index (χ3v) is 8.02. The number of alkyl carbamates (subject to hydrolysis) is 1. The Balaban J connectivity index is 1.30. The zero-order chi connectivity index (χ0) is 28.5. The Bertz CT molecular complexity index is 1180. The van der Waals surface area contributed by atoms with Crippen molar-refractivity contribution in [1.82, 2.24) is 20.4 Å². The summed E-state index contributed by atoms with van der Waals surface area (Å²) in [6, 6.07) is 18.7. The number of amides is 3. The van der Waals surface area contributed by atoms with Gasteiger partial charge in [0.1, 0.15) is 18.2 Å². The number of likely N-dealkylation sites (tertiary alicyclic amines) is 1. The summed E-state index contributed by atoms with van der Waals surface area (Å²) in [7, 11) is 1.61. The summed E-state index contributed by atoms with van der Waals surface area (Å²) in [5, 5.41) is 15.2. The predicted octanol–water partition coefficient (Wildman–Crippen LogP) is 2.43. The van der Waals surface area contributed by atoms with Gasteiger partial charge in [-0.15, -0.1) is 0 Å². The zero-order valence-electron chi connectivity index (χ0n) is 22.9. The molecule has 3 atom stereocenters. The van der Waals surface area contributed by atoms with Crippen LogP contribution in [0.2, 0.25) is 0 Å². The van der Waals surface area contributed by atoms with Crippen molar-refractivity contribution in [1.29, 1.82) is 0 Å². The van der Waals surface area contributed by atoms with E-state index in [2.05, 4.69) is 27.7 Å². The topological polar surface area (TPSA) is 128 Å². The summed E-state index contributed by atoms with van der Waals surface area (Å²) in [4.78, 5) is 54.4. The molecule has 2 heterocycles. The average molecular weight is 551 g/mol. The SMILES string of the molecule is CN1C(=O)[C@H](CCCNC(=O)OCc2ccccc2)NC(=O)C12CCN(CCc1ccccc1)CC2CC(=O)O. The number of carbonyl (C=O) groups excluding carboxylic acids is 3. The number of likely N-dealkylation sites (N-methyl/N-ethyl adjacent to an activating group) is 1. The van der Waals surface area contributed by atoms with E-state index in [4.69, 9.17) is 4.74 Å².